The maximum atomic E-state index is 4.71. The molecule has 2 aromatic heterocycles. The molecule has 1 fully saturated rings. The van der Waals surface area contributed by atoms with E-state index < -0.39 is 0 Å². The number of aromatic nitrogens is 3. The van der Waals surface area contributed by atoms with Crippen molar-refractivity contribution in [2.75, 3.05) is 17.2 Å². The first-order valence-corrected chi connectivity index (χ1v) is 8.42. The van der Waals surface area contributed by atoms with Crippen LogP contribution in [0.5, 0.6) is 0 Å². The lowest BCUT2D eigenvalue weighted by molar-refractivity contribution is 0.398. The van der Waals surface area contributed by atoms with Gasteiger partial charge in [0, 0.05) is 41.9 Å². The van der Waals surface area contributed by atoms with Gasteiger partial charge in [0.25, 0.3) is 0 Å². The molecule has 0 aliphatic carbocycles. The van der Waals surface area contributed by atoms with E-state index in [1.54, 1.807) is 0 Å². The molecule has 0 aromatic carbocycles. The Balaban J connectivity index is 1.86. The van der Waals surface area contributed by atoms with Gasteiger partial charge in [0.05, 0.1) is 0 Å². The van der Waals surface area contributed by atoms with Crippen LogP contribution in [0.1, 0.15) is 39.3 Å². The summed E-state index contributed by atoms with van der Waals surface area (Å²) in [6.07, 6.45) is 4.19. The Hall–Kier alpha value is -1.95. The van der Waals surface area contributed by atoms with Gasteiger partial charge in [-0.05, 0) is 46.6 Å². The molecular weight excluding hydrogens is 288 g/mol. The lowest BCUT2D eigenvalue weighted by atomic mass is 10.0. The molecular formula is C17H26N6. The van der Waals surface area contributed by atoms with Gasteiger partial charge in [-0.1, -0.05) is 0 Å². The SMILES string of the molecule is Cc1cc2cnc(N[C@H]3CC[C@H](C)NC3)nc2c(NC(C)C)n1. The Morgan fingerprint density at radius 2 is 2.09 bits per heavy atom. The highest BCUT2D eigenvalue weighted by atomic mass is 15.1. The largest absolute Gasteiger partial charge is 0.366 e. The van der Waals surface area contributed by atoms with Gasteiger partial charge in [-0.25, -0.2) is 15.0 Å². The van der Waals surface area contributed by atoms with Gasteiger partial charge < -0.3 is 16.0 Å². The van der Waals surface area contributed by atoms with Crippen LogP contribution in [0.3, 0.4) is 0 Å². The normalized spacial score (nSPS) is 21.6. The van der Waals surface area contributed by atoms with Gasteiger partial charge in [-0.3, -0.25) is 0 Å². The average molecular weight is 314 g/mol. The first kappa shape index (κ1) is 15.9. The van der Waals surface area contributed by atoms with Crippen LogP contribution in [0.25, 0.3) is 10.9 Å². The van der Waals surface area contributed by atoms with Crippen molar-refractivity contribution < 1.29 is 0 Å². The number of hydrogen-bond acceptors (Lipinski definition) is 6. The number of piperidine rings is 1. The fraction of sp³-hybridized carbons (Fsp3) is 0.588. The van der Waals surface area contributed by atoms with Gasteiger partial charge in [0.15, 0.2) is 5.82 Å². The molecule has 0 saturated carbocycles. The molecule has 3 rings (SSSR count). The predicted octanol–water partition coefficient (Wildman–Crippen LogP) is 2.71. The number of nitrogens with one attached hydrogen (secondary N) is 3. The molecule has 0 unspecified atom stereocenters. The quantitative estimate of drug-likeness (QED) is 0.806. The van der Waals surface area contributed by atoms with Crippen LogP contribution in [-0.4, -0.2) is 39.6 Å². The van der Waals surface area contributed by atoms with Crippen molar-refractivity contribution in [2.24, 2.45) is 0 Å². The molecule has 6 nitrogen and oxygen atoms in total. The molecule has 23 heavy (non-hydrogen) atoms. The topological polar surface area (TPSA) is 74.8 Å². The van der Waals surface area contributed by atoms with Crippen molar-refractivity contribution in [3.05, 3.63) is 18.0 Å². The van der Waals surface area contributed by atoms with E-state index in [0.29, 0.717) is 24.1 Å². The predicted molar refractivity (Wildman–Crippen MR) is 94.9 cm³/mol. The van der Waals surface area contributed by atoms with Crippen molar-refractivity contribution in [1.82, 2.24) is 20.3 Å². The number of rotatable bonds is 4. The van der Waals surface area contributed by atoms with Gasteiger partial charge >= 0.3 is 0 Å². The number of fused-ring (bicyclic) bond motifs is 1. The van der Waals surface area contributed by atoms with E-state index in [2.05, 4.69) is 46.7 Å². The third-order valence-electron chi connectivity index (χ3n) is 4.11. The summed E-state index contributed by atoms with van der Waals surface area (Å²) in [6, 6.07) is 3.31. The molecule has 1 aliphatic rings. The summed E-state index contributed by atoms with van der Waals surface area (Å²) in [4.78, 5) is 13.8. The van der Waals surface area contributed by atoms with Crippen molar-refractivity contribution >= 4 is 22.7 Å². The highest BCUT2D eigenvalue weighted by molar-refractivity contribution is 5.88. The lowest BCUT2D eigenvalue weighted by Crippen LogP contribution is -2.43. The number of hydrogen-bond donors (Lipinski definition) is 3. The zero-order valence-corrected chi connectivity index (χ0v) is 14.3. The molecule has 3 heterocycles. The second kappa shape index (κ2) is 6.66. The molecule has 0 bridgehead atoms. The zero-order chi connectivity index (χ0) is 16.4. The molecule has 2 aromatic rings. The summed E-state index contributed by atoms with van der Waals surface area (Å²) in [5.41, 5.74) is 1.84. The third kappa shape index (κ3) is 3.88. The highest BCUT2D eigenvalue weighted by Gasteiger charge is 2.18. The summed E-state index contributed by atoms with van der Waals surface area (Å²) >= 11 is 0. The summed E-state index contributed by atoms with van der Waals surface area (Å²) in [7, 11) is 0. The van der Waals surface area contributed by atoms with E-state index in [4.69, 9.17) is 4.98 Å². The summed E-state index contributed by atoms with van der Waals surface area (Å²) in [5, 5.41) is 11.3. The van der Waals surface area contributed by atoms with E-state index in [-0.39, 0.29) is 0 Å². The molecule has 2 atom stereocenters. The molecule has 3 N–H and O–H groups in total. The Labute approximate surface area is 137 Å². The van der Waals surface area contributed by atoms with Crippen LogP contribution in [0.2, 0.25) is 0 Å². The van der Waals surface area contributed by atoms with Crippen LogP contribution < -0.4 is 16.0 Å². The van der Waals surface area contributed by atoms with Gasteiger partial charge in [-0.2, -0.15) is 0 Å². The molecule has 1 saturated heterocycles. The lowest BCUT2D eigenvalue weighted by Gasteiger charge is -2.28. The average Bonchev–Trinajstić information content (AvgIpc) is 2.49. The van der Waals surface area contributed by atoms with Gasteiger partial charge in [0.2, 0.25) is 5.95 Å². The number of nitrogens with zero attached hydrogens (tertiary/aromatic N) is 3. The molecule has 6 heteroatoms. The maximum absolute atomic E-state index is 4.71. The van der Waals surface area contributed by atoms with E-state index >= 15 is 0 Å². The van der Waals surface area contributed by atoms with Crippen LogP contribution in [0, 0.1) is 6.92 Å². The number of pyridine rings is 1. The third-order valence-corrected chi connectivity index (χ3v) is 4.11. The fourth-order valence-electron chi connectivity index (χ4n) is 2.92. The fourth-order valence-corrected chi connectivity index (χ4v) is 2.92. The van der Waals surface area contributed by atoms with Crippen molar-refractivity contribution in [3.63, 3.8) is 0 Å². The Morgan fingerprint density at radius 1 is 1.26 bits per heavy atom. The van der Waals surface area contributed by atoms with E-state index in [0.717, 1.165) is 35.4 Å². The highest BCUT2D eigenvalue weighted by Crippen LogP contribution is 2.22. The standard InChI is InChI=1S/C17H26N6/c1-10(2)20-16-15-13(7-12(4)21-16)8-19-17(23-15)22-14-6-5-11(3)18-9-14/h7-8,10-11,14,18H,5-6,9H2,1-4H3,(H,20,21)(H,19,22,23)/t11-,14-/m0/s1. The van der Waals surface area contributed by atoms with Crippen molar-refractivity contribution in [1.29, 1.82) is 0 Å². The van der Waals surface area contributed by atoms with Crippen molar-refractivity contribution in [3.8, 4) is 0 Å². The summed E-state index contributed by atoms with van der Waals surface area (Å²) in [6.45, 7) is 9.37. The molecule has 1 aliphatic heterocycles. The smallest absolute Gasteiger partial charge is 0.223 e. The minimum atomic E-state index is 0.308. The van der Waals surface area contributed by atoms with Crippen LogP contribution >= 0.6 is 0 Å². The Morgan fingerprint density at radius 3 is 2.78 bits per heavy atom. The first-order valence-electron chi connectivity index (χ1n) is 8.42. The van der Waals surface area contributed by atoms with Crippen molar-refractivity contribution in [2.45, 2.75) is 58.7 Å². The molecule has 124 valence electrons. The van der Waals surface area contributed by atoms with Crippen LogP contribution in [0.15, 0.2) is 12.3 Å². The van der Waals surface area contributed by atoms with E-state index in [1.165, 1.54) is 6.42 Å². The summed E-state index contributed by atoms with van der Waals surface area (Å²) < 4.78 is 0. The maximum Gasteiger partial charge on any atom is 0.223 e. The molecule has 0 amide bonds. The monoisotopic (exact) mass is 314 g/mol. The second-order valence-electron chi connectivity index (χ2n) is 6.77. The Kier molecular flexibility index (Phi) is 4.61. The Bertz CT molecular complexity index is 676. The minimum absolute atomic E-state index is 0.308. The molecule has 0 spiro atoms. The van der Waals surface area contributed by atoms with Crippen LogP contribution in [0.4, 0.5) is 11.8 Å². The minimum Gasteiger partial charge on any atom is -0.366 e. The van der Waals surface area contributed by atoms with E-state index in [9.17, 15) is 0 Å². The molecule has 0 radical (unpaired) electrons. The van der Waals surface area contributed by atoms with Gasteiger partial charge in [0.1, 0.15) is 5.52 Å². The van der Waals surface area contributed by atoms with E-state index in [1.807, 2.05) is 19.2 Å². The number of aryl methyl sites for hydroxylation is 1. The van der Waals surface area contributed by atoms with Gasteiger partial charge in [-0.15, -0.1) is 0 Å². The number of anilines is 2. The summed E-state index contributed by atoms with van der Waals surface area (Å²) in [5.74, 6) is 1.51. The second-order valence-corrected chi connectivity index (χ2v) is 6.77. The van der Waals surface area contributed by atoms with Crippen LogP contribution in [-0.2, 0) is 0 Å². The first-order chi connectivity index (χ1) is 11.0. The zero-order valence-electron chi connectivity index (χ0n) is 14.3.